The van der Waals surface area contributed by atoms with Gasteiger partial charge in [0.2, 0.25) is 5.91 Å². The van der Waals surface area contributed by atoms with Gasteiger partial charge in [-0.05, 0) is 41.1 Å². The van der Waals surface area contributed by atoms with Crippen molar-refractivity contribution in [3.05, 3.63) is 101 Å². The predicted molar refractivity (Wildman–Crippen MR) is 129 cm³/mol. The second kappa shape index (κ2) is 9.84. The number of fused-ring (bicyclic) bond motifs is 1. The van der Waals surface area contributed by atoms with Crippen LogP contribution >= 0.6 is 0 Å². The van der Waals surface area contributed by atoms with Gasteiger partial charge in [-0.15, -0.1) is 4.91 Å². The second-order valence-corrected chi connectivity index (χ2v) is 7.88. The molecule has 0 spiro atoms. The van der Waals surface area contributed by atoms with Crippen LogP contribution in [-0.2, 0) is 17.4 Å². The molecule has 0 heterocycles. The molecule has 9 heteroatoms. The van der Waals surface area contributed by atoms with Crippen LogP contribution in [0.4, 0.5) is 30.2 Å². The molecule has 4 aromatic carbocycles. The van der Waals surface area contributed by atoms with Gasteiger partial charge in [0.25, 0.3) is 0 Å². The summed E-state index contributed by atoms with van der Waals surface area (Å²) in [5, 5.41) is 20.3. The number of amides is 1. The number of carbonyl (C=O) groups is 1. The lowest BCUT2D eigenvalue weighted by molar-refractivity contribution is -0.137. The minimum atomic E-state index is -4.49. The van der Waals surface area contributed by atoms with Crippen molar-refractivity contribution in [1.29, 1.82) is 0 Å². The van der Waals surface area contributed by atoms with Crippen LogP contribution in [0.2, 0.25) is 0 Å². The Morgan fingerprint density at radius 2 is 1.54 bits per heavy atom. The van der Waals surface area contributed by atoms with Gasteiger partial charge in [0.15, 0.2) is 0 Å². The summed E-state index contributed by atoms with van der Waals surface area (Å²) in [7, 11) is 0. The van der Waals surface area contributed by atoms with E-state index in [1.54, 1.807) is 24.3 Å². The lowest BCUT2D eigenvalue weighted by Crippen LogP contribution is -2.36. The number of halogens is 3. The first-order chi connectivity index (χ1) is 16.8. The summed E-state index contributed by atoms with van der Waals surface area (Å²) in [6.45, 7) is 0. The normalized spacial score (nSPS) is 12.2. The first kappa shape index (κ1) is 23.7. The standard InChI is InChI=1S/C26H20F3N3O3/c27-26(28,29)17-10-12-18(13-11-17)30-25(34)23(14-16-6-2-1-3-7-16)31-22-15-21(32-35)19-8-4-5-9-20(19)24(22)33/h1-13,15,23,31,33H,14H2,(H,30,34). The van der Waals surface area contributed by atoms with Crippen LogP contribution in [0.1, 0.15) is 11.1 Å². The number of hydrogen-bond donors (Lipinski definition) is 3. The summed E-state index contributed by atoms with van der Waals surface area (Å²) in [5.41, 5.74) is 0.371. The molecule has 0 aliphatic carbocycles. The van der Waals surface area contributed by atoms with E-state index in [2.05, 4.69) is 15.8 Å². The van der Waals surface area contributed by atoms with E-state index in [1.165, 1.54) is 18.2 Å². The van der Waals surface area contributed by atoms with Gasteiger partial charge < -0.3 is 15.7 Å². The summed E-state index contributed by atoms with van der Waals surface area (Å²) < 4.78 is 38.6. The fourth-order valence-electron chi connectivity index (χ4n) is 3.75. The number of hydrogen-bond acceptors (Lipinski definition) is 5. The number of nitrogens with one attached hydrogen (secondary N) is 2. The van der Waals surface area contributed by atoms with Crippen LogP contribution in [0.5, 0.6) is 5.75 Å². The van der Waals surface area contributed by atoms with Gasteiger partial charge >= 0.3 is 6.18 Å². The van der Waals surface area contributed by atoms with Crippen LogP contribution < -0.4 is 10.6 Å². The number of alkyl halides is 3. The molecule has 0 fully saturated rings. The van der Waals surface area contributed by atoms with Gasteiger partial charge in [-0.2, -0.15) is 13.2 Å². The number of phenolic OH excluding ortho intramolecular Hbond substituents is 1. The highest BCUT2D eigenvalue weighted by Gasteiger charge is 2.30. The van der Waals surface area contributed by atoms with Crippen LogP contribution in [-0.4, -0.2) is 17.1 Å². The summed E-state index contributed by atoms with van der Waals surface area (Å²) in [6, 6.07) is 20.3. The number of nitroso groups, excluding NO2 is 1. The molecule has 0 bridgehead atoms. The van der Waals surface area contributed by atoms with E-state index in [9.17, 15) is 28.0 Å². The highest BCUT2D eigenvalue weighted by Crippen LogP contribution is 2.39. The molecule has 0 aliphatic heterocycles. The maximum atomic E-state index is 13.2. The molecule has 0 radical (unpaired) electrons. The summed E-state index contributed by atoms with van der Waals surface area (Å²) in [5.74, 6) is -0.699. The highest BCUT2D eigenvalue weighted by atomic mass is 19.4. The largest absolute Gasteiger partial charge is 0.505 e. The number of carbonyl (C=O) groups excluding carboxylic acids is 1. The predicted octanol–water partition coefficient (Wildman–Crippen LogP) is 6.62. The van der Waals surface area contributed by atoms with Crippen LogP contribution in [0, 0.1) is 4.91 Å². The third-order valence-electron chi connectivity index (χ3n) is 5.50. The fraction of sp³-hybridized carbons (Fsp3) is 0.115. The van der Waals surface area contributed by atoms with Gasteiger partial charge in [0.05, 0.1) is 11.3 Å². The van der Waals surface area contributed by atoms with E-state index in [-0.39, 0.29) is 29.2 Å². The average Bonchev–Trinajstić information content (AvgIpc) is 2.85. The van der Waals surface area contributed by atoms with E-state index < -0.39 is 23.7 Å². The molecule has 4 aromatic rings. The van der Waals surface area contributed by atoms with Crippen LogP contribution in [0.25, 0.3) is 10.8 Å². The smallest absolute Gasteiger partial charge is 0.416 e. The van der Waals surface area contributed by atoms with Gasteiger partial charge in [-0.1, -0.05) is 54.6 Å². The fourth-order valence-corrected chi connectivity index (χ4v) is 3.75. The third kappa shape index (κ3) is 5.40. The van der Waals surface area contributed by atoms with Gasteiger partial charge in [0, 0.05) is 22.9 Å². The van der Waals surface area contributed by atoms with Crippen molar-refractivity contribution in [2.24, 2.45) is 5.18 Å². The molecule has 1 unspecified atom stereocenters. The molecular formula is C26H20F3N3O3. The average molecular weight is 479 g/mol. The topological polar surface area (TPSA) is 90.8 Å². The molecule has 4 rings (SSSR count). The Morgan fingerprint density at radius 3 is 2.17 bits per heavy atom. The molecular weight excluding hydrogens is 459 g/mol. The Morgan fingerprint density at radius 1 is 0.914 bits per heavy atom. The monoisotopic (exact) mass is 479 g/mol. The number of benzene rings is 4. The Labute approximate surface area is 198 Å². The zero-order valence-electron chi connectivity index (χ0n) is 18.2. The highest BCUT2D eigenvalue weighted by molar-refractivity contribution is 6.02. The van der Waals surface area contributed by atoms with Crippen LogP contribution in [0.15, 0.2) is 90.1 Å². The first-order valence-corrected chi connectivity index (χ1v) is 10.6. The maximum Gasteiger partial charge on any atom is 0.416 e. The molecule has 3 N–H and O–H groups in total. The third-order valence-corrected chi connectivity index (χ3v) is 5.50. The zero-order valence-corrected chi connectivity index (χ0v) is 18.2. The molecule has 35 heavy (non-hydrogen) atoms. The molecule has 0 saturated heterocycles. The van der Waals surface area contributed by atoms with Crippen molar-refractivity contribution in [3.63, 3.8) is 0 Å². The molecule has 0 aliphatic rings. The summed E-state index contributed by atoms with van der Waals surface area (Å²) in [6.07, 6.45) is -4.29. The van der Waals surface area contributed by atoms with Crippen molar-refractivity contribution in [3.8, 4) is 5.75 Å². The van der Waals surface area contributed by atoms with Crippen molar-refractivity contribution < 1.29 is 23.1 Å². The molecule has 178 valence electrons. The zero-order chi connectivity index (χ0) is 25.0. The number of anilines is 2. The minimum Gasteiger partial charge on any atom is -0.505 e. The van der Waals surface area contributed by atoms with Crippen molar-refractivity contribution >= 4 is 33.7 Å². The number of aromatic hydroxyl groups is 1. The van der Waals surface area contributed by atoms with E-state index in [0.717, 1.165) is 17.7 Å². The number of phenols is 1. The minimum absolute atomic E-state index is 0.0857. The second-order valence-electron chi connectivity index (χ2n) is 7.88. The van der Waals surface area contributed by atoms with Crippen molar-refractivity contribution in [2.75, 3.05) is 10.6 Å². The van der Waals surface area contributed by atoms with Crippen LogP contribution in [0.3, 0.4) is 0 Å². The Hall–Kier alpha value is -4.40. The summed E-state index contributed by atoms with van der Waals surface area (Å²) >= 11 is 0. The van der Waals surface area contributed by atoms with E-state index >= 15 is 0 Å². The van der Waals surface area contributed by atoms with E-state index in [1.807, 2.05) is 30.3 Å². The van der Waals surface area contributed by atoms with Gasteiger partial charge in [-0.25, -0.2) is 0 Å². The lowest BCUT2D eigenvalue weighted by atomic mass is 10.0. The Kier molecular flexibility index (Phi) is 6.68. The molecule has 0 saturated carbocycles. The number of nitrogens with zero attached hydrogens (tertiary/aromatic N) is 1. The van der Waals surface area contributed by atoms with Crippen molar-refractivity contribution in [2.45, 2.75) is 18.6 Å². The van der Waals surface area contributed by atoms with E-state index in [0.29, 0.717) is 10.8 Å². The van der Waals surface area contributed by atoms with Crippen molar-refractivity contribution in [1.82, 2.24) is 0 Å². The SMILES string of the molecule is O=Nc1cc(NC(Cc2ccccc2)C(=O)Nc2ccc(C(F)(F)F)cc2)c(O)c2ccccc12. The molecule has 1 amide bonds. The van der Waals surface area contributed by atoms with E-state index in [4.69, 9.17) is 0 Å². The Bertz CT molecular complexity index is 1360. The van der Waals surface area contributed by atoms with Gasteiger partial charge in [-0.3, -0.25) is 4.79 Å². The Balaban J connectivity index is 1.65. The first-order valence-electron chi connectivity index (χ1n) is 10.6. The quantitative estimate of drug-likeness (QED) is 0.205. The maximum absolute atomic E-state index is 13.2. The molecule has 0 aromatic heterocycles. The van der Waals surface area contributed by atoms with Gasteiger partial charge in [0.1, 0.15) is 17.5 Å². The summed E-state index contributed by atoms with van der Waals surface area (Å²) in [4.78, 5) is 24.6. The number of rotatable bonds is 7. The molecule has 1 atom stereocenters. The lowest BCUT2D eigenvalue weighted by Gasteiger charge is -2.21. The molecule has 6 nitrogen and oxygen atoms in total.